The lowest BCUT2D eigenvalue weighted by Crippen LogP contribution is -2.31. The molecule has 1 amide bonds. The zero-order valence-electron chi connectivity index (χ0n) is 16.3. The van der Waals surface area contributed by atoms with Gasteiger partial charge in [0, 0.05) is 10.0 Å². The molecule has 8 nitrogen and oxygen atoms in total. The molecule has 0 saturated heterocycles. The minimum atomic E-state index is -0.552. The highest BCUT2D eigenvalue weighted by Crippen LogP contribution is 2.55. The Morgan fingerprint density at radius 2 is 1.90 bits per heavy atom. The number of carbonyl (C=O) groups excluding carboxylic acids is 1. The van der Waals surface area contributed by atoms with Crippen LogP contribution in [0.15, 0.2) is 47.9 Å². The second-order valence-electron chi connectivity index (χ2n) is 6.68. The molecule has 0 spiro atoms. The van der Waals surface area contributed by atoms with Gasteiger partial charge in [0.05, 0.1) is 28.2 Å². The lowest BCUT2D eigenvalue weighted by atomic mass is 9.93. The van der Waals surface area contributed by atoms with E-state index in [1.54, 1.807) is 6.21 Å². The van der Waals surface area contributed by atoms with Crippen molar-refractivity contribution in [2.45, 2.75) is 13.0 Å². The molecule has 0 aliphatic carbocycles. The first kappa shape index (κ1) is 22.1. The summed E-state index contributed by atoms with van der Waals surface area (Å²) in [7, 11) is 1.54. The number of carbonyl (C=O) groups is 1. The van der Waals surface area contributed by atoms with Crippen LogP contribution in [0, 0.1) is 5.92 Å². The standard InChI is InChI=1S/C20H16Br3N3O5/c1-9-15(20(27)25-24-7-10-3-5-11(21)6-4-10)26-31-16(9)12-13(22)17(28-2)19-18(14(12)23)29-8-30-19/h3-7,9,16H,8H2,1-2H3,(H,25,27)/b24-7-/t9-,16-/m1/s1. The summed E-state index contributed by atoms with van der Waals surface area (Å²) in [4.78, 5) is 18.3. The number of hydrazone groups is 1. The molecule has 2 aliphatic rings. The second-order valence-corrected chi connectivity index (χ2v) is 9.18. The number of hydrogen-bond donors (Lipinski definition) is 1. The van der Waals surface area contributed by atoms with Gasteiger partial charge in [-0.25, -0.2) is 5.43 Å². The smallest absolute Gasteiger partial charge is 0.289 e. The number of fused-ring (bicyclic) bond motifs is 1. The fourth-order valence-electron chi connectivity index (χ4n) is 3.24. The number of amides is 1. The maximum atomic E-state index is 12.6. The minimum absolute atomic E-state index is 0.0851. The van der Waals surface area contributed by atoms with E-state index in [1.807, 2.05) is 31.2 Å². The van der Waals surface area contributed by atoms with E-state index in [4.69, 9.17) is 19.0 Å². The van der Waals surface area contributed by atoms with Crippen LogP contribution in [0.25, 0.3) is 0 Å². The quantitative estimate of drug-likeness (QED) is 0.380. The van der Waals surface area contributed by atoms with E-state index in [0.29, 0.717) is 31.8 Å². The van der Waals surface area contributed by atoms with Gasteiger partial charge in [-0.2, -0.15) is 5.10 Å². The molecule has 31 heavy (non-hydrogen) atoms. The first-order valence-corrected chi connectivity index (χ1v) is 11.5. The van der Waals surface area contributed by atoms with Gasteiger partial charge < -0.3 is 19.0 Å². The summed E-state index contributed by atoms with van der Waals surface area (Å²) >= 11 is 10.5. The molecule has 1 N–H and O–H groups in total. The van der Waals surface area contributed by atoms with Gasteiger partial charge in [-0.1, -0.05) is 40.1 Å². The van der Waals surface area contributed by atoms with E-state index >= 15 is 0 Å². The van der Waals surface area contributed by atoms with Gasteiger partial charge in [0.25, 0.3) is 5.91 Å². The van der Waals surface area contributed by atoms with E-state index in [1.165, 1.54) is 7.11 Å². The van der Waals surface area contributed by atoms with Gasteiger partial charge in [0.1, 0.15) is 0 Å². The molecule has 4 rings (SSSR count). The van der Waals surface area contributed by atoms with E-state index in [2.05, 4.69) is 63.5 Å². The fourth-order valence-corrected chi connectivity index (χ4v) is 5.25. The molecule has 2 aromatic carbocycles. The average molecular weight is 618 g/mol. The van der Waals surface area contributed by atoms with Crippen LogP contribution in [0.5, 0.6) is 17.2 Å². The molecule has 0 unspecified atom stereocenters. The highest BCUT2D eigenvalue weighted by molar-refractivity contribution is 9.11. The summed E-state index contributed by atoms with van der Waals surface area (Å²) in [5.74, 6) is 0.696. The van der Waals surface area contributed by atoms with Crippen molar-refractivity contribution >= 4 is 65.6 Å². The normalized spacial score (nSPS) is 19.3. The van der Waals surface area contributed by atoms with Gasteiger partial charge in [0.2, 0.25) is 12.5 Å². The lowest BCUT2D eigenvalue weighted by molar-refractivity contribution is -0.115. The number of nitrogens with one attached hydrogen (secondary N) is 1. The van der Waals surface area contributed by atoms with Crippen LogP contribution in [0.3, 0.4) is 0 Å². The summed E-state index contributed by atoms with van der Waals surface area (Å²) in [5.41, 5.74) is 4.28. The van der Waals surface area contributed by atoms with E-state index < -0.39 is 12.0 Å². The van der Waals surface area contributed by atoms with Crippen molar-refractivity contribution in [3.63, 3.8) is 0 Å². The van der Waals surface area contributed by atoms with Crippen LogP contribution in [0.4, 0.5) is 0 Å². The topological polar surface area (TPSA) is 90.7 Å². The Morgan fingerprint density at radius 1 is 1.19 bits per heavy atom. The van der Waals surface area contributed by atoms with Crippen molar-refractivity contribution < 1.29 is 23.8 Å². The number of halogens is 3. The Balaban J connectivity index is 1.52. The predicted molar refractivity (Wildman–Crippen MR) is 125 cm³/mol. The number of nitrogens with zero attached hydrogens (tertiary/aromatic N) is 2. The molecule has 0 bridgehead atoms. The van der Waals surface area contributed by atoms with Crippen molar-refractivity contribution in [3.8, 4) is 17.2 Å². The summed E-state index contributed by atoms with van der Waals surface area (Å²) < 4.78 is 18.8. The van der Waals surface area contributed by atoms with Crippen LogP contribution >= 0.6 is 47.8 Å². The largest absolute Gasteiger partial charge is 0.492 e. The Kier molecular flexibility index (Phi) is 6.54. The zero-order chi connectivity index (χ0) is 22.1. The number of ether oxygens (including phenoxy) is 3. The first-order valence-electron chi connectivity index (χ1n) is 9.09. The zero-order valence-corrected chi connectivity index (χ0v) is 21.1. The Morgan fingerprint density at radius 3 is 2.61 bits per heavy atom. The third-order valence-corrected chi connectivity index (χ3v) is 6.91. The molecule has 2 heterocycles. The van der Waals surface area contributed by atoms with Crippen LogP contribution in [-0.4, -0.2) is 31.7 Å². The van der Waals surface area contributed by atoms with Gasteiger partial charge in [0.15, 0.2) is 23.3 Å². The molecule has 0 saturated carbocycles. The lowest BCUT2D eigenvalue weighted by Gasteiger charge is -2.20. The molecular formula is C20H16Br3N3O5. The monoisotopic (exact) mass is 615 g/mol. The molecule has 0 radical (unpaired) electrons. The van der Waals surface area contributed by atoms with Crippen molar-refractivity contribution in [1.29, 1.82) is 0 Å². The van der Waals surface area contributed by atoms with E-state index in [9.17, 15) is 4.79 Å². The molecule has 11 heteroatoms. The van der Waals surface area contributed by atoms with Gasteiger partial charge in [-0.05, 0) is 49.6 Å². The van der Waals surface area contributed by atoms with Crippen molar-refractivity contribution in [2.24, 2.45) is 16.2 Å². The Bertz CT molecular complexity index is 1090. The summed E-state index contributed by atoms with van der Waals surface area (Å²) in [6, 6.07) is 7.52. The molecule has 0 fully saturated rings. The molecule has 2 aliphatic heterocycles. The maximum absolute atomic E-state index is 12.6. The molecule has 2 atom stereocenters. The number of benzene rings is 2. The van der Waals surface area contributed by atoms with Crippen LogP contribution in [-0.2, 0) is 9.63 Å². The van der Waals surface area contributed by atoms with Gasteiger partial charge >= 0.3 is 0 Å². The first-order chi connectivity index (χ1) is 14.9. The minimum Gasteiger partial charge on any atom is -0.492 e. The molecular weight excluding hydrogens is 602 g/mol. The highest BCUT2D eigenvalue weighted by atomic mass is 79.9. The maximum Gasteiger partial charge on any atom is 0.289 e. The summed E-state index contributed by atoms with van der Waals surface area (Å²) in [6.45, 7) is 1.94. The van der Waals surface area contributed by atoms with Crippen molar-refractivity contribution in [3.05, 3.63) is 48.8 Å². The number of rotatable bonds is 5. The summed E-state index contributed by atoms with van der Waals surface area (Å²) in [5, 5.41) is 8.02. The van der Waals surface area contributed by atoms with Gasteiger partial charge in [-0.3, -0.25) is 4.79 Å². The highest BCUT2D eigenvalue weighted by Gasteiger charge is 2.41. The van der Waals surface area contributed by atoms with Crippen molar-refractivity contribution in [1.82, 2.24) is 5.43 Å². The van der Waals surface area contributed by atoms with E-state index in [-0.39, 0.29) is 18.4 Å². The van der Waals surface area contributed by atoms with Crippen molar-refractivity contribution in [2.75, 3.05) is 13.9 Å². The molecule has 2 aromatic rings. The SMILES string of the molecule is COc1c(Br)c([C@@H]2ON=C(C(=O)N/N=C\c3ccc(Br)cc3)[C@H]2C)c(Br)c2c1OCO2. The Labute approximate surface area is 203 Å². The molecule has 162 valence electrons. The number of oxime groups is 1. The third-order valence-electron chi connectivity index (χ3n) is 4.81. The average Bonchev–Trinajstić information content (AvgIpc) is 3.38. The van der Waals surface area contributed by atoms with E-state index in [0.717, 1.165) is 10.0 Å². The number of methoxy groups -OCH3 is 1. The van der Waals surface area contributed by atoms with Gasteiger partial charge in [-0.15, -0.1) is 0 Å². The predicted octanol–water partition coefficient (Wildman–Crippen LogP) is 4.93. The van der Waals surface area contributed by atoms with Crippen LogP contribution in [0.1, 0.15) is 24.2 Å². The van der Waals surface area contributed by atoms with Crippen LogP contribution in [0.2, 0.25) is 0 Å². The Hall–Kier alpha value is -2.11. The summed E-state index contributed by atoms with van der Waals surface area (Å²) in [6.07, 6.45) is 1.00. The number of hydrogen-bond acceptors (Lipinski definition) is 7. The fraction of sp³-hybridized carbons (Fsp3) is 0.250. The third kappa shape index (κ3) is 4.18. The second kappa shape index (κ2) is 9.17. The molecule has 0 aromatic heterocycles. The van der Waals surface area contributed by atoms with Crippen LogP contribution < -0.4 is 19.6 Å².